The highest BCUT2D eigenvalue weighted by Gasteiger charge is 2.33. The van der Waals surface area contributed by atoms with Crippen LogP contribution in [0.4, 0.5) is 4.39 Å². The van der Waals surface area contributed by atoms with Gasteiger partial charge in [0.2, 0.25) is 5.91 Å². The first-order valence-corrected chi connectivity index (χ1v) is 8.94. The third-order valence-corrected chi connectivity index (χ3v) is 4.63. The number of rotatable bonds is 5. The molecule has 1 heterocycles. The summed E-state index contributed by atoms with van der Waals surface area (Å²) in [4.78, 5) is 26.1. The highest BCUT2D eigenvalue weighted by molar-refractivity contribution is 6.03. The van der Waals surface area contributed by atoms with E-state index >= 15 is 0 Å². The summed E-state index contributed by atoms with van der Waals surface area (Å²) in [5.74, 6) is -0.656. The molecule has 2 aromatic rings. The molecular weight excluding hydrogens is 345 g/mol. The Balaban J connectivity index is 1.88. The molecule has 27 heavy (non-hydrogen) atoms. The van der Waals surface area contributed by atoms with Gasteiger partial charge in [-0.1, -0.05) is 49.4 Å². The van der Waals surface area contributed by atoms with Crippen LogP contribution in [0.5, 0.6) is 0 Å². The summed E-state index contributed by atoms with van der Waals surface area (Å²) < 4.78 is 13.2. The number of likely N-dealkylation sites (N-methyl/N-ethyl adjacent to an activating group) is 1. The van der Waals surface area contributed by atoms with E-state index in [9.17, 15) is 14.0 Å². The molecule has 1 atom stereocenters. The van der Waals surface area contributed by atoms with Crippen LogP contribution in [0.15, 0.2) is 59.7 Å². The lowest BCUT2D eigenvalue weighted by Crippen LogP contribution is -2.38. The fourth-order valence-corrected chi connectivity index (χ4v) is 3.13. The summed E-state index contributed by atoms with van der Waals surface area (Å²) >= 11 is 0. The second kappa shape index (κ2) is 8.12. The van der Waals surface area contributed by atoms with Crippen LogP contribution in [0.1, 0.15) is 36.9 Å². The lowest BCUT2D eigenvalue weighted by atomic mass is 9.98. The van der Waals surface area contributed by atoms with Gasteiger partial charge in [-0.15, -0.1) is 0 Å². The number of benzene rings is 2. The maximum Gasteiger partial charge on any atom is 0.262 e. The summed E-state index contributed by atoms with van der Waals surface area (Å²) in [5, 5.41) is 5.98. The number of hydrogen-bond donors (Lipinski definition) is 0. The summed E-state index contributed by atoms with van der Waals surface area (Å²) in [7, 11) is 1.61. The molecule has 0 unspecified atom stereocenters. The zero-order chi connectivity index (χ0) is 19.4. The van der Waals surface area contributed by atoms with Gasteiger partial charge in [0.05, 0.1) is 11.8 Å². The van der Waals surface area contributed by atoms with E-state index < -0.39 is 0 Å². The summed E-state index contributed by atoms with van der Waals surface area (Å²) in [6.07, 6.45) is 0.878. The van der Waals surface area contributed by atoms with Gasteiger partial charge < -0.3 is 4.90 Å². The average Bonchev–Trinajstić information content (AvgIpc) is 3.14. The lowest BCUT2D eigenvalue weighted by Gasteiger charge is -2.24. The summed E-state index contributed by atoms with van der Waals surface area (Å²) in [6, 6.07) is 15.5. The molecule has 0 radical (unpaired) electrons. The number of hydrazone groups is 1. The van der Waals surface area contributed by atoms with Crippen molar-refractivity contribution in [2.45, 2.75) is 25.8 Å². The van der Waals surface area contributed by atoms with Gasteiger partial charge in [-0.2, -0.15) is 5.10 Å². The Hall–Kier alpha value is -3.02. The van der Waals surface area contributed by atoms with Crippen molar-refractivity contribution in [3.63, 3.8) is 0 Å². The number of nitrogens with zero attached hydrogens (tertiary/aromatic N) is 3. The van der Waals surface area contributed by atoms with Gasteiger partial charge in [0.1, 0.15) is 12.4 Å². The van der Waals surface area contributed by atoms with Crippen molar-refractivity contribution in [2.75, 3.05) is 13.6 Å². The monoisotopic (exact) mass is 367 g/mol. The minimum absolute atomic E-state index is 0.0315. The largest absolute Gasteiger partial charge is 0.336 e. The Kier molecular flexibility index (Phi) is 5.64. The molecule has 1 aliphatic rings. The summed E-state index contributed by atoms with van der Waals surface area (Å²) in [6.45, 7) is 1.73. The van der Waals surface area contributed by atoms with Crippen LogP contribution < -0.4 is 0 Å². The fourth-order valence-electron chi connectivity index (χ4n) is 3.13. The zero-order valence-electron chi connectivity index (χ0n) is 15.4. The quantitative estimate of drug-likeness (QED) is 0.814. The molecule has 0 saturated carbocycles. The number of hydrogen-bond acceptors (Lipinski definition) is 3. The van der Waals surface area contributed by atoms with E-state index in [0.717, 1.165) is 16.8 Å². The molecular formula is C21H22FN3O2. The highest BCUT2D eigenvalue weighted by atomic mass is 19.1. The Bertz CT molecular complexity index is 849. The second-order valence-electron chi connectivity index (χ2n) is 6.53. The molecule has 0 bridgehead atoms. The normalized spacial score (nSPS) is 16.2. The topological polar surface area (TPSA) is 53.0 Å². The lowest BCUT2D eigenvalue weighted by molar-refractivity contribution is -0.140. The molecule has 0 N–H and O–H groups in total. The molecule has 2 aromatic carbocycles. The summed E-state index contributed by atoms with van der Waals surface area (Å²) in [5.41, 5.74) is 2.48. The standard InChI is InChI=1S/C21H22FN3O2/c1-3-20(26)24(2)14-21(27)25-19(16-7-5-4-6-8-16)13-18(23-25)15-9-11-17(22)12-10-15/h4-12,19H,3,13-14H2,1-2H3/t19-/m1/s1. The molecule has 1 aliphatic heterocycles. The SMILES string of the molecule is CCC(=O)N(C)CC(=O)N1N=C(c2ccc(F)cc2)C[C@@H]1c1ccccc1. The Morgan fingerprint density at radius 1 is 1.15 bits per heavy atom. The van der Waals surface area contributed by atoms with Crippen LogP contribution in [-0.2, 0) is 9.59 Å². The van der Waals surface area contributed by atoms with Gasteiger partial charge in [0.15, 0.2) is 0 Å². The molecule has 2 amide bonds. The van der Waals surface area contributed by atoms with Gasteiger partial charge in [-0.3, -0.25) is 9.59 Å². The maximum atomic E-state index is 13.2. The van der Waals surface area contributed by atoms with E-state index in [1.165, 1.54) is 22.0 Å². The van der Waals surface area contributed by atoms with E-state index in [0.29, 0.717) is 12.8 Å². The number of carbonyl (C=O) groups excluding carboxylic acids is 2. The van der Waals surface area contributed by atoms with Crippen LogP contribution in [0, 0.1) is 5.82 Å². The predicted molar refractivity (Wildman–Crippen MR) is 102 cm³/mol. The molecule has 3 rings (SSSR count). The van der Waals surface area contributed by atoms with Gasteiger partial charge in [-0.25, -0.2) is 9.40 Å². The molecule has 0 aromatic heterocycles. The van der Waals surface area contributed by atoms with Crippen molar-refractivity contribution < 1.29 is 14.0 Å². The van der Waals surface area contributed by atoms with Gasteiger partial charge in [-0.05, 0) is 23.3 Å². The van der Waals surface area contributed by atoms with E-state index in [1.54, 1.807) is 26.1 Å². The Morgan fingerprint density at radius 3 is 2.44 bits per heavy atom. The fraction of sp³-hybridized carbons (Fsp3) is 0.286. The minimum Gasteiger partial charge on any atom is -0.336 e. The van der Waals surface area contributed by atoms with Gasteiger partial charge >= 0.3 is 0 Å². The molecule has 140 valence electrons. The van der Waals surface area contributed by atoms with Crippen molar-refractivity contribution in [1.29, 1.82) is 0 Å². The van der Waals surface area contributed by atoms with E-state index in [4.69, 9.17) is 0 Å². The molecule has 0 fully saturated rings. The van der Waals surface area contributed by atoms with Crippen molar-refractivity contribution in [3.05, 3.63) is 71.5 Å². The van der Waals surface area contributed by atoms with Crippen molar-refractivity contribution in [1.82, 2.24) is 9.91 Å². The van der Waals surface area contributed by atoms with E-state index in [1.807, 2.05) is 30.3 Å². The number of carbonyl (C=O) groups is 2. The van der Waals surface area contributed by atoms with Crippen molar-refractivity contribution in [3.8, 4) is 0 Å². The Morgan fingerprint density at radius 2 is 1.81 bits per heavy atom. The molecule has 5 nitrogen and oxygen atoms in total. The van der Waals surface area contributed by atoms with E-state index in [-0.39, 0.29) is 30.2 Å². The first-order valence-electron chi connectivity index (χ1n) is 8.94. The smallest absolute Gasteiger partial charge is 0.262 e. The third-order valence-electron chi connectivity index (χ3n) is 4.63. The average molecular weight is 367 g/mol. The van der Waals surface area contributed by atoms with Gasteiger partial charge in [0, 0.05) is 19.9 Å². The third kappa shape index (κ3) is 4.22. The van der Waals surface area contributed by atoms with Crippen LogP contribution >= 0.6 is 0 Å². The van der Waals surface area contributed by atoms with Crippen LogP contribution in [0.2, 0.25) is 0 Å². The molecule has 0 spiro atoms. The van der Waals surface area contributed by atoms with Crippen LogP contribution in [0.25, 0.3) is 0 Å². The molecule has 0 aliphatic carbocycles. The minimum atomic E-state index is -0.315. The maximum absolute atomic E-state index is 13.2. The molecule has 0 saturated heterocycles. The number of halogens is 1. The predicted octanol–water partition coefficient (Wildman–Crippen LogP) is 3.37. The molecule has 6 heteroatoms. The van der Waals surface area contributed by atoms with E-state index in [2.05, 4.69) is 5.10 Å². The number of amides is 2. The first-order chi connectivity index (χ1) is 13.0. The van der Waals surface area contributed by atoms with Crippen LogP contribution in [0.3, 0.4) is 0 Å². The van der Waals surface area contributed by atoms with Crippen molar-refractivity contribution in [2.24, 2.45) is 5.10 Å². The van der Waals surface area contributed by atoms with Crippen LogP contribution in [-0.4, -0.2) is 41.0 Å². The first kappa shape index (κ1) is 18.8. The zero-order valence-corrected chi connectivity index (χ0v) is 15.4. The van der Waals surface area contributed by atoms with Crippen molar-refractivity contribution >= 4 is 17.5 Å². The van der Waals surface area contributed by atoms with Gasteiger partial charge in [0.25, 0.3) is 5.91 Å². The highest BCUT2D eigenvalue weighted by Crippen LogP contribution is 2.32. The second-order valence-corrected chi connectivity index (χ2v) is 6.53. The Labute approximate surface area is 158 Å².